The van der Waals surface area contributed by atoms with E-state index in [9.17, 15) is 14.9 Å². The Kier molecular flexibility index (Phi) is 6.40. The predicted octanol–water partition coefficient (Wildman–Crippen LogP) is 4.43. The van der Waals surface area contributed by atoms with Crippen LogP contribution >= 0.6 is 23.6 Å². The molecule has 1 amide bonds. The third-order valence-corrected chi connectivity index (χ3v) is 6.50. The van der Waals surface area contributed by atoms with Gasteiger partial charge in [0.2, 0.25) is 0 Å². The van der Waals surface area contributed by atoms with E-state index in [1.165, 1.54) is 29.5 Å². The number of nitro groups is 1. The van der Waals surface area contributed by atoms with E-state index in [4.69, 9.17) is 21.4 Å². The van der Waals surface area contributed by atoms with Gasteiger partial charge in [0.1, 0.15) is 5.76 Å². The number of furan rings is 1. The van der Waals surface area contributed by atoms with Crippen molar-refractivity contribution >= 4 is 61.3 Å². The lowest BCUT2D eigenvalue weighted by Crippen LogP contribution is -2.36. The molecule has 0 spiro atoms. The quantitative estimate of drug-likeness (QED) is 0.228. The fourth-order valence-electron chi connectivity index (χ4n) is 3.67. The maximum Gasteiger partial charge on any atom is 0.293 e. The normalized spacial score (nSPS) is 13.5. The largest absolute Gasteiger partial charge is 0.451 e. The molecule has 0 bridgehead atoms. The van der Waals surface area contributed by atoms with Crippen molar-refractivity contribution in [3.63, 3.8) is 0 Å². The van der Waals surface area contributed by atoms with Gasteiger partial charge in [-0.25, -0.2) is 4.98 Å². The number of carbonyl (C=O) groups is 1. The maximum atomic E-state index is 12.6. The highest BCUT2D eigenvalue weighted by atomic mass is 32.1. The third kappa shape index (κ3) is 5.14. The van der Waals surface area contributed by atoms with E-state index >= 15 is 0 Å². The molecular formula is C23H19N5O5S2. The first-order valence-electron chi connectivity index (χ1n) is 10.7. The molecule has 2 aromatic heterocycles. The standard InChI is InChI=1S/C23H19N5O5S2/c29-21(19-7-6-18(33-19)14-2-1-3-16(12-14)28(30)31)25-22(34)26-23-24-17-5-4-15(13-20(17)35-23)27-8-10-32-11-9-27/h1-7,12-13H,8-11H2,(H2,24,25,26,29,34). The van der Waals surface area contributed by atoms with Gasteiger partial charge in [-0.2, -0.15) is 0 Å². The number of benzene rings is 2. The summed E-state index contributed by atoms with van der Waals surface area (Å²) in [6.45, 7) is 3.12. The van der Waals surface area contributed by atoms with Gasteiger partial charge < -0.3 is 19.4 Å². The molecule has 35 heavy (non-hydrogen) atoms. The van der Waals surface area contributed by atoms with Crippen molar-refractivity contribution in [2.45, 2.75) is 0 Å². The van der Waals surface area contributed by atoms with E-state index in [-0.39, 0.29) is 16.6 Å². The van der Waals surface area contributed by atoms with Crippen LogP contribution in [0, 0.1) is 10.1 Å². The van der Waals surface area contributed by atoms with Gasteiger partial charge >= 0.3 is 0 Å². The molecule has 1 fully saturated rings. The number of non-ortho nitro benzene ring substituents is 1. The molecule has 1 aliphatic heterocycles. The second-order valence-electron chi connectivity index (χ2n) is 7.65. The van der Waals surface area contributed by atoms with E-state index in [0.717, 1.165) is 29.0 Å². The molecule has 12 heteroatoms. The number of hydrogen-bond acceptors (Lipinski definition) is 9. The molecule has 3 heterocycles. The maximum absolute atomic E-state index is 12.6. The Balaban J connectivity index is 1.23. The van der Waals surface area contributed by atoms with E-state index in [0.29, 0.717) is 29.7 Å². The van der Waals surface area contributed by atoms with Crippen LogP contribution in [0.2, 0.25) is 0 Å². The number of nitrogens with one attached hydrogen (secondary N) is 2. The van der Waals surface area contributed by atoms with Crippen molar-refractivity contribution in [1.29, 1.82) is 0 Å². The van der Waals surface area contributed by atoms with Gasteiger partial charge in [0, 0.05) is 36.5 Å². The molecule has 5 rings (SSSR count). The Morgan fingerprint density at radius 3 is 2.77 bits per heavy atom. The van der Waals surface area contributed by atoms with E-state index in [2.05, 4.69) is 26.6 Å². The summed E-state index contributed by atoms with van der Waals surface area (Å²) in [6, 6.07) is 15.1. The number of aromatic nitrogens is 1. The molecule has 2 N–H and O–H groups in total. The van der Waals surface area contributed by atoms with Gasteiger partial charge in [0.25, 0.3) is 11.6 Å². The summed E-state index contributed by atoms with van der Waals surface area (Å²) in [5, 5.41) is 17.1. The van der Waals surface area contributed by atoms with Crippen LogP contribution < -0.4 is 15.5 Å². The van der Waals surface area contributed by atoms with Gasteiger partial charge in [-0.05, 0) is 42.5 Å². The lowest BCUT2D eigenvalue weighted by atomic mass is 10.1. The van der Waals surface area contributed by atoms with Crippen molar-refractivity contribution in [1.82, 2.24) is 10.3 Å². The Morgan fingerprint density at radius 1 is 1.14 bits per heavy atom. The predicted molar refractivity (Wildman–Crippen MR) is 137 cm³/mol. The van der Waals surface area contributed by atoms with Crippen molar-refractivity contribution in [3.05, 3.63) is 70.5 Å². The van der Waals surface area contributed by atoms with E-state index in [1.807, 2.05) is 12.1 Å². The monoisotopic (exact) mass is 509 g/mol. The lowest BCUT2D eigenvalue weighted by molar-refractivity contribution is -0.384. The topological polar surface area (TPSA) is 123 Å². The minimum Gasteiger partial charge on any atom is -0.451 e. The summed E-state index contributed by atoms with van der Waals surface area (Å²) < 4.78 is 12.0. The molecule has 2 aromatic carbocycles. The van der Waals surface area contributed by atoms with Crippen LogP contribution in [0.5, 0.6) is 0 Å². The number of fused-ring (bicyclic) bond motifs is 1. The number of amides is 1. The molecule has 0 atom stereocenters. The van der Waals surface area contributed by atoms with Crippen LogP contribution in [-0.2, 0) is 4.74 Å². The zero-order valence-electron chi connectivity index (χ0n) is 18.2. The molecule has 1 aliphatic rings. The molecule has 0 unspecified atom stereocenters. The number of morpholine rings is 1. The van der Waals surface area contributed by atoms with E-state index < -0.39 is 10.8 Å². The number of nitro benzene ring substituents is 1. The van der Waals surface area contributed by atoms with Crippen molar-refractivity contribution < 1.29 is 18.9 Å². The van der Waals surface area contributed by atoms with Crippen LogP contribution in [0.3, 0.4) is 0 Å². The molecule has 0 radical (unpaired) electrons. The van der Waals surface area contributed by atoms with Gasteiger partial charge in [0.05, 0.1) is 28.4 Å². The number of thiazole rings is 1. The van der Waals surface area contributed by atoms with Gasteiger partial charge in [0.15, 0.2) is 16.0 Å². The average molecular weight is 510 g/mol. The minimum atomic E-state index is -0.546. The number of hydrogen-bond donors (Lipinski definition) is 2. The van der Waals surface area contributed by atoms with E-state index in [1.54, 1.807) is 18.2 Å². The first-order chi connectivity index (χ1) is 17.0. The zero-order chi connectivity index (χ0) is 24.4. The van der Waals surface area contributed by atoms with Crippen LogP contribution in [0.15, 0.2) is 59.0 Å². The van der Waals surface area contributed by atoms with Crippen LogP contribution in [-0.4, -0.2) is 47.2 Å². The molecule has 4 aromatic rings. The first-order valence-corrected chi connectivity index (χ1v) is 11.9. The number of carbonyl (C=O) groups excluding carboxylic acids is 1. The Hall–Kier alpha value is -3.87. The molecule has 0 saturated carbocycles. The Labute approximate surface area is 208 Å². The third-order valence-electron chi connectivity index (χ3n) is 5.37. The van der Waals surface area contributed by atoms with Crippen LogP contribution in [0.25, 0.3) is 21.5 Å². The summed E-state index contributed by atoms with van der Waals surface area (Å²) >= 11 is 6.71. The lowest BCUT2D eigenvalue weighted by Gasteiger charge is -2.28. The number of ether oxygens (including phenoxy) is 1. The summed E-state index contributed by atoms with van der Waals surface area (Å²) in [6.07, 6.45) is 0. The fourth-order valence-corrected chi connectivity index (χ4v) is 4.82. The molecule has 0 aliphatic carbocycles. The van der Waals surface area contributed by atoms with Crippen molar-refractivity contribution in [2.24, 2.45) is 0 Å². The summed E-state index contributed by atoms with van der Waals surface area (Å²) in [4.78, 5) is 29.9. The highest BCUT2D eigenvalue weighted by Gasteiger charge is 2.17. The number of thiocarbonyl (C=S) groups is 1. The van der Waals surface area contributed by atoms with Crippen molar-refractivity contribution in [3.8, 4) is 11.3 Å². The average Bonchev–Trinajstić information content (AvgIpc) is 3.51. The Bertz CT molecular complexity index is 1430. The molecule has 10 nitrogen and oxygen atoms in total. The zero-order valence-corrected chi connectivity index (χ0v) is 19.9. The molecular weight excluding hydrogens is 490 g/mol. The highest BCUT2D eigenvalue weighted by molar-refractivity contribution is 7.80. The molecule has 178 valence electrons. The summed E-state index contributed by atoms with van der Waals surface area (Å²) in [5.74, 6) is -0.190. The number of rotatable bonds is 5. The summed E-state index contributed by atoms with van der Waals surface area (Å²) in [5.41, 5.74) is 2.37. The van der Waals surface area contributed by atoms with Crippen LogP contribution in [0.1, 0.15) is 10.6 Å². The fraction of sp³-hybridized carbons (Fsp3) is 0.174. The minimum absolute atomic E-state index is 0.0232. The second kappa shape index (κ2) is 9.78. The second-order valence-corrected chi connectivity index (χ2v) is 9.09. The smallest absolute Gasteiger partial charge is 0.293 e. The van der Waals surface area contributed by atoms with Gasteiger partial charge in [-0.3, -0.25) is 20.2 Å². The first kappa shape index (κ1) is 22.9. The SMILES string of the molecule is O=C(NC(=S)Nc1nc2ccc(N3CCOCC3)cc2s1)c1ccc(-c2cccc([N+](=O)[O-])c2)o1. The highest BCUT2D eigenvalue weighted by Crippen LogP contribution is 2.30. The number of nitrogens with zero attached hydrogens (tertiary/aromatic N) is 3. The van der Waals surface area contributed by atoms with Gasteiger partial charge in [-0.1, -0.05) is 23.5 Å². The van der Waals surface area contributed by atoms with Crippen LogP contribution in [0.4, 0.5) is 16.5 Å². The Morgan fingerprint density at radius 2 is 1.97 bits per heavy atom. The van der Waals surface area contributed by atoms with Gasteiger partial charge in [-0.15, -0.1) is 0 Å². The summed E-state index contributed by atoms with van der Waals surface area (Å²) in [7, 11) is 0. The van der Waals surface area contributed by atoms with Crippen molar-refractivity contribution in [2.75, 3.05) is 36.5 Å². The number of anilines is 2. The molecule has 1 saturated heterocycles.